The van der Waals surface area contributed by atoms with E-state index in [4.69, 9.17) is 4.74 Å². The zero-order chi connectivity index (χ0) is 55.2. The van der Waals surface area contributed by atoms with Gasteiger partial charge in [-0.1, -0.05) is 188 Å². The van der Waals surface area contributed by atoms with E-state index in [1.807, 2.05) is 0 Å². The van der Waals surface area contributed by atoms with Gasteiger partial charge in [0.2, 0.25) is 0 Å². The molecule has 0 heterocycles. The van der Waals surface area contributed by atoms with Crippen molar-refractivity contribution in [3.05, 3.63) is 202 Å². The van der Waals surface area contributed by atoms with E-state index in [1.165, 1.54) is 51.4 Å². The minimum Gasteiger partial charge on any atom is -0.366 e. The molecule has 0 aliphatic rings. The van der Waals surface area contributed by atoms with Crippen molar-refractivity contribution in [3.8, 4) is 0 Å². The van der Waals surface area contributed by atoms with Crippen molar-refractivity contribution in [2.24, 2.45) is 32.5 Å². The topological polar surface area (TPSA) is 9.23 Å². The normalized spacial score (nSPS) is 12.6. The summed E-state index contributed by atoms with van der Waals surface area (Å²) in [6.07, 6.45) is 60.7. The minimum atomic E-state index is -0.994. The van der Waals surface area contributed by atoms with Gasteiger partial charge < -0.3 is 4.74 Å². The Kier molecular flexibility index (Phi) is 34.6. The molecular formula is C72H114O. The van der Waals surface area contributed by atoms with Crippen LogP contribution in [0.4, 0.5) is 0 Å². The fourth-order valence-corrected chi connectivity index (χ4v) is 15.4. The molecule has 0 unspecified atom stereocenters. The first-order chi connectivity index (χ1) is 35.3. The summed E-state index contributed by atoms with van der Waals surface area (Å²) in [5.41, 5.74) is -5.22. The lowest BCUT2D eigenvalue weighted by atomic mass is 9.38. The minimum absolute atomic E-state index is 0.346. The molecule has 0 bridgehead atoms. The first-order valence-corrected chi connectivity index (χ1v) is 28.8. The monoisotopic (exact) mass is 995 g/mol. The van der Waals surface area contributed by atoms with Gasteiger partial charge in [-0.3, -0.25) is 0 Å². The molecule has 0 radical (unpaired) electrons. The maximum Gasteiger partial charge on any atom is 0.0826 e. The summed E-state index contributed by atoms with van der Waals surface area (Å²) in [6, 6.07) is 0. The Morgan fingerprint density at radius 2 is 0.425 bits per heavy atom. The van der Waals surface area contributed by atoms with Gasteiger partial charge in [-0.05, 0) is 137 Å². The van der Waals surface area contributed by atoms with E-state index >= 15 is 0 Å². The van der Waals surface area contributed by atoms with Crippen molar-refractivity contribution in [1.82, 2.24) is 0 Å². The molecule has 0 atom stereocenters. The smallest absolute Gasteiger partial charge is 0.0826 e. The zero-order valence-electron chi connectivity index (χ0n) is 48.2. The first-order valence-electron chi connectivity index (χ1n) is 28.8. The Balaban J connectivity index is 10.3. The average molecular weight is 996 g/mol. The zero-order valence-corrected chi connectivity index (χ0v) is 48.2. The number of hydrogen-bond donors (Lipinski definition) is 0. The van der Waals surface area contributed by atoms with Gasteiger partial charge in [0.05, 0.1) is 11.2 Å². The molecule has 0 saturated carbocycles. The van der Waals surface area contributed by atoms with Crippen molar-refractivity contribution in [2.75, 3.05) is 0 Å². The van der Waals surface area contributed by atoms with Crippen LogP contribution < -0.4 is 0 Å². The lowest BCUT2D eigenvalue weighted by Crippen LogP contribution is -2.70. The maximum atomic E-state index is 9.05. The second kappa shape index (κ2) is 36.7. The third-order valence-electron chi connectivity index (χ3n) is 18.0. The summed E-state index contributed by atoms with van der Waals surface area (Å²) in [4.78, 5) is 0. The van der Waals surface area contributed by atoms with Gasteiger partial charge in [0.1, 0.15) is 0 Å². The largest absolute Gasteiger partial charge is 0.366 e. The predicted octanol–water partition coefficient (Wildman–Crippen LogP) is 23.1. The summed E-state index contributed by atoms with van der Waals surface area (Å²) >= 11 is 0. The molecule has 0 aliphatic carbocycles. The Morgan fingerprint density at radius 3 is 0.630 bits per heavy atom. The van der Waals surface area contributed by atoms with Gasteiger partial charge in [-0.2, -0.15) is 0 Å². The Hall–Kier alpha value is -4.20. The molecule has 1 heteroatoms. The van der Waals surface area contributed by atoms with Crippen LogP contribution in [0.25, 0.3) is 0 Å². The molecule has 0 rings (SSSR count). The van der Waals surface area contributed by atoms with Crippen molar-refractivity contribution in [2.45, 2.75) is 218 Å². The van der Waals surface area contributed by atoms with Crippen LogP contribution >= 0.6 is 0 Å². The van der Waals surface area contributed by atoms with E-state index in [-0.39, 0.29) is 10.8 Å². The molecule has 408 valence electrons. The first kappa shape index (κ1) is 68.8. The molecule has 0 aromatic carbocycles. The van der Waals surface area contributed by atoms with Gasteiger partial charge in [0.15, 0.2) is 0 Å². The predicted molar refractivity (Wildman–Crippen MR) is 334 cm³/mol. The standard InChI is InChI=1S/C72H114O/c1-19-37-39-41-43-45-63-65(47-21-3,48-22-4)67(51-25-7,52-26-8)69(55-29-11,56-30-12)71(59-33-15,60-34-16)73-72(61-35-17,62-36-18)70(57-31-13,58-32-14)68(53-27-9,54-28-10)66(49-23-5,50-24-6)64-46-44-42-40-38-20-2/h21-36H,3-20,37-64H2,1-2H3. The Morgan fingerprint density at radius 1 is 0.233 bits per heavy atom. The summed E-state index contributed by atoms with van der Waals surface area (Å²) in [7, 11) is 0. The Bertz CT molecular complexity index is 1530. The third kappa shape index (κ3) is 15.5. The number of ether oxygens (including phenoxy) is 1. The SMILES string of the molecule is C=CCC(CC=C)(CCCCCCCC)C(CC=C)(CC=C)C(CC=C)(CC=C)C(CC=C)(CC=C)OC(CC=C)(CC=C)C(CC=C)(CC=C)C(CC=C)(CC=C)C(CC=C)(CC=C)CCCCCCCC. The van der Waals surface area contributed by atoms with Gasteiger partial charge >= 0.3 is 0 Å². The molecule has 1 nitrogen and oxygen atoms in total. The molecule has 0 aromatic heterocycles. The molecular weight excluding hydrogens is 881 g/mol. The summed E-state index contributed by atoms with van der Waals surface area (Å²) < 4.78 is 9.05. The highest BCUT2D eigenvalue weighted by Gasteiger charge is 2.72. The molecule has 0 amide bonds. The quantitative estimate of drug-likeness (QED) is 0.0436. The summed E-state index contributed by atoms with van der Waals surface area (Å²) in [6.45, 7) is 78.0. The maximum absolute atomic E-state index is 9.05. The number of rotatable bonds is 54. The lowest BCUT2D eigenvalue weighted by molar-refractivity contribution is -0.313. The highest BCUT2D eigenvalue weighted by Crippen LogP contribution is 2.75. The second-order valence-corrected chi connectivity index (χ2v) is 21.9. The van der Waals surface area contributed by atoms with Crippen molar-refractivity contribution >= 4 is 0 Å². The third-order valence-corrected chi connectivity index (χ3v) is 18.0. The number of allylic oxidation sites excluding steroid dienone is 12. The van der Waals surface area contributed by atoms with Crippen molar-refractivity contribution in [3.63, 3.8) is 0 Å². The van der Waals surface area contributed by atoms with Crippen molar-refractivity contribution < 1.29 is 4.74 Å². The molecule has 0 aliphatic heterocycles. The van der Waals surface area contributed by atoms with Crippen LogP contribution in [0.2, 0.25) is 0 Å². The van der Waals surface area contributed by atoms with Gasteiger partial charge in [0, 0.05) is 10.8 Å². The van der Waals surface area contributed by atoms with Crippen LogP contribution in [-0.4, -0.2) is 11.2 Å². The van der Waals surface area contributed by atoms with E-state index in [2.05, 4.69) is 216 Å². The van der Waals surface area contributed by atoms with Crippen LogP contribution in [0.5, 0.6) is 0 Å². The van der Waals surface area contributed by atoms with Gasteiger partial charge in [0.25, 0.3) is 0 Å². The van der Waals surface area contributed by atoms with Crippen molar-refractivity contribution in [1.29, 1.82) is 0 Å². The van der Waals surface area contributed by atoms with Crippen LogP contribution in [0.3, 0.4) is 0 Å². The molecule has 0 spiro atoms. The second-order valence-electron chi connectivity index (χ2n) is 21.9. The highest BCUT2D eigenvalue weighted by atomic mass is 16.5. The van der Waals surface area contributed by atoms with E-state index in [9.17, 15) is 0 Å². The van der Waals surface area contributed by atoms with Gasteiger partial charge in [-0.15, -0.1) is 105 Å². The lowest BCUT2D eigenvalue weighted by Gasteiger charge is -2.71. The molecule has 0 N–H and O–H groups in total. The summed E-state index contributed by atoms with van der Waals surface area (Å²) in [5, 5.41) is 0. The molecule has 0 saturated heterocycles. The fraction of sp³-hybridized carbons (Fsp3) is 0.556. The average Bonchev–Trinajstić information content (AvgIpc) is 3.36. The van der Waals surface area contributed by atoms with E-state index in [0.29, 0.717) is 77.0 Å². The molecule has 0 fully saturated rings. The van der Waals surface area contributed by atoms with Crippen LogP contribution in [0.15, 0.2) is 202 Å². The molecule has 0 aromatic rings. The van der Waals surface area contributed by atoms with Crippen LogP contribution in [-0.2, 0) is 4.74 Å². The molecule has 73 heavy (non-hydrogen) atoms. The van der Waals surface area contributed by atoms with Crippen LogP contribution in [0, 0.1) is 32.5 Å². The summed E-state index contributed by atoms with van der Waals surface area (Å²) in [5.74, 6) is 0. The van der Waals surface area contributed by atoms with E-state index in [0.717, 1.165) is 64.2 Å². The highest BCUT2D eigenvalue weighted by molar-refractivity contribution is 5.29. The van der Waals surface area contributed by atoms with Crippen LogP contribution in [0.1, 0.15) is 206 Å². The fourth-order valence-electron chi connectivity index (χ4n) is 15.4. The van der Waals surface area contributed by atoms with E-state index in [1.54, 1.807) is 0 Å². The van der Waals surface area contributed by atoms with E-state index < -0.39 is 32.9 Å². The Labute approximate surface area is 455 Å². The van der Waals surface area contributed by atoms with Gasteiger partial charge in [-0.25, -0.2) is 0 Å². The number of unbranched alkanes of at least 4 members (excludes halogenated alkanes) is 10. The number of hydrogen-bond acceptors (Lipinski definition) is 1.